The van der Waals surface area contributed by atoms with E-state index in [2.05, 4.69) is 0 Å². The Bertz CT molecular complexity index is 582. The van der Waals surface area contributed by atoms with E-state index in [0.29, 0.717) is 17.2 Å². The molecule has 2 saturated heterocycles. The van der Waals surface area contributed by atoms with Crippen LogP contribution in [0, 0.1) is 11.3 Å². The van der Waals surface area contributed by atoms with E-state index in [9.17, 15) is 19.8 Å². The van der Waals surface area contributed by atoms with Crippen molar-refractivity contribution in [1.29, 1.82) is 5.41 Å². The molecule has 0 aliphatic carbocycles. The van der Waals surface area contributed by atoms with Gasteiger partial charge in [-0.25, -0.2) is 4.79 Å². The molecule has 0 aromatic carbocycles. The Labute approximate surface area is 142 Å². The van der Waals surface area contributed by atoms with Crippen LogP contribution in [-0.4, -0.2) is 68.0 Å². The second kappa shape index (κ2) is 6.37. The summed E-state index contributed by atoms with van der Waals surface area (Å²) in [6.07, 6.45) is 1.94. The first kappa shape index (κ1) is 16.7. The maximum absolute atomic E-state index is 12.2. The zero-order chi connectivity index (χ0) is 16.7. The van der Waals surface area contributed by atoms with Crippen LogP contribution in [0.2, 0.25) is 0 Å². The average Bonchev–Trinajstić information content (AvgIpc) is 3.10. The quantitative estimate of drug-likeness (QED) is 0.369. The molecule has 0 aromatic heterocycles. The number of carbonyl (C=O) groups excluding carboxylic acids is 1. The minimum Gasteiger partial charge on any atom is -0.477 e. The summed E-state index contributed by atoms with van der Waals surface area (Å²) < 4.78 is 0.651. The van der Waals surface area contributed by atoms with Crippen LogP contribution in [0.15, 0.2) is 9.93 Å². The number of β-lactam (4-membered cyclic amide) rings is 1. The molecule has 3 rings (SSSR count). The molecule has 3 aliphatic rings. The van der Waals surface area contributed by atoms with E-state index < -0.39 is 18.0 Å². The number of carboxylic acid groups (broad SMARTS) is 1. The monoisotopic (exact) mass is 357 g/mol. The molecule has 3 N–H and O–H groups in total. The Kier molecular flexibility index (Phi) is 4.61. The molecule has 0 spiro atoms. The highest BCUT2D eigenvalue weighted by atomic mass is 32.2. The summed E-state index contributed by atoms with van der Waals surface area (Å²) in [6.45, 7) is 3.32. The van der Waals surface area contributed by atoms with Crippen LogP contribution in [0.5, 0.6) is 0 Å². The first-order chi connectivity index (χ1) is 11.0. The molecule has 0 unspecified atom stereocenters. The number of carboxylic acids is 1. The molecular weight excluding hydrogens is 338 g/mol. The van der Waals surface area contributed by atoms with Gasteiger partial charge in [0, 0.05) is 18.3 Å². The number of nitrogens with zero attached hydrogens (tertiary/aromatic N) is 2. The van der Waals surface area contributed by atoms with Gasteiger partial charge in [0.05, 0.1) is 22.6 Å². The lowest BCUT2D eigenvalue weighted by Gasteiger charge is -2.44. The van der Waals surface area contributed by atoms with E-state index in [-0.39, 0.29) is 22.2 Å². The lowest BCUT2D eigenvalue weighted by Crippen LogP contribution is -2.61. The highest BCUT2D eigenvalue weighted by Gasteiger charge is 2.58. The molecule has 1 amide bonds. The van der Waals surface area contributed by atoms with Crippen LogP contribution in [0.25, 0.3) is 0 Å². The molecule has 0 bridgehead atoms. The third kappa shape index (κ3) is 2.74. The number of amides is 1. The molecule has 2 fully saturated rings. The van der Waals surface area contributed by atoms with Gasteiger partial charge in [0.2, 0.25) is 5.91 Å². The summed E-state index contributed by atoms with van der Waals surface area (Å²) in [5.41, 5.74) is 0.0582. The second-order valence-corrected chi connectivity index (χ2v) is 8.51. The molecule has 0 radical (unpaired) electrons. The molecule has 3 heterocycles. The van der Waals surface area contributed by atoms with Crippen LogP contribution < -0.4 is 0 Å². The Morgan fingerprint density at radius 3 is 2.91 bits per heavy atom. The van der Waals surface area contributed by atoms with Crippen molar-refractivity contribution in [2.45, 2.75) is 36.5 Å². The number of nitrogens with one attached hydrogen (secondary N) is 1. The Morgan fingerprint density at radius 1 is 1.61 bits per heavy atom. The van der Waals surface area contributed by atoms with E-state index in [1.165, 1.54) is 34.8 Å². The van der Waals surface area contributed by atoms with Crippen LogP contribution >= 0.6 is 23.5 Å². The van der Waals surface area contributed by atoms with Crippen LogP contribution in [-0.2, 0) is 9.59 Å². The van der Waals surface area contributed by atoms with Gasteiger partial charge in [0.25, 0.3) is 0 Å². The molecule has 3 aliphatic heterocycles. The topological polar surface area (TPSA) is 105 Å². The molecular formula is C14H19N3O4S2. The molecule has 9 heteroatoms. The van der Waals surface area contributed by atoms with Gasteiger partial charge in [-0.05, 0) is 12.8 Å². The highest BCUT2D eigenvalue weighted by molar-refractivity contribution is 8.23. The largest absolute Gasteiger partial charge is 0.477 e. The Hall–Kier alpha value is -1.19. The summed E-state index contributed by atoms with van der Waals surface area (Å²) in [5, 5.41) is 26.7. The van der Waals surface area contributed by atoms with Gasteiger partial charge in [0.15, 0.2) is 5.70 Å². The molecule has 23 heavy (non-hydrogen) atoms. The molecule has 0 saturated carbocycles. The minimum atomic E-state index is -1.10. The van der Waals surface area contributed by atoms with Crippen molar-refractivity contribution in [3.8, 4) is 0 Å². The second-order valence-electron chi connectivity index (χ2n) is 5.81. The van der Waals surface area contributed by atoms with E-state index in [4.69, 9.17) is 5.41 Å². The number of fused-ring (bicyclic) bond motifs is 1. The van der Waals surface area contributed by atoms with Crippen molar-refractivity contribution in [3.63, 3.8) is 0 Å². The SMILES string of the molecule is CC[C@H](O)[C@@H]1C(=O)N2C(C(=O)O)=C(S[C@H]3CCN(C=N)C3)S[C@H]12. The summed E-state index contributed by atoms with van der Waals surface area (Å²) in [4.78, 5) is 27.1. The maximum atomic E-state index is 12.2. The molecule has 0 aromatic rings. The zero-order valence-corrected chi connectivity index (χ0v) is 14.3. The van der Waals surface area contributed by atoms with Crippen molar-refractivity contribution in [2.24, 2.45) is 5.92 Å². The van der Waals surface area contributed by atoms with Crippen LogP contribution in [0.1, 0.15) is 19.8 Å². The number of carbonyl (C=O) groups is 2. The zero-order valence-electron chi connectivity index (χ0n) is 12.6. The predicted molar refractivity (Wildman–Crippen MR) is 89.0 cm³/mol. The summed E-state index contributed by atoms with van der Waals surface area (Å²) >= 11 is 2.86. The van der Waals surface area contributed by atoms with Gasteiger partial charge >= 0.3 is 5.97 Å². The van der Waals surface area contributed by atoms with E-state index in [1.54, 1.807) is 0 Å². The fourth-order valence-corrected chi connectivity index (χ4v) is 6.41. The lowest BCUT2D eigenvalue weighted by atomic mass is 9.90. The molecule has 7 nitrogen and oxygen atoms in total. The number of hydrogen-bond acceptors (Lipinski definition) is 6. The minimum absolute atomic E-state index is 0.0582. The van der Waals surface area contributed by atoms with Gasteiger partial charge in [-0.15, -0.1) is 11.8 Å². The van der Waals surface area contributed by atoms with Gasteiger partial charge < -0.3 is 15.1 Å². The summed E-state index contributed by atoms with van der Waals surface area (Å²) in [6, 6.07) is 0. The average molecular weight is 357 g/mol. The van der Waals surface area contributed by atoms with E-state index >= 15 is 0 Å². The predicted octanol–water partition coefficient (Wildman–Crippen LogP) is 0.957. The third-order valence-electron chi connectivity index (χ3n) is 4.41. The van der Waals surface area contributed by atoms with Crippen molar-refractivity contribution in [1.82, 2.24) is 9.80 Å². The number of aliphatic hydroxyl groups is 1. The van der Waals surface area contributed by atoms with E-state index in [0.717, 1.165) is 13.0 Å². The van der Waals surface area contributed by atoms with Crippen molar-refractivity contribution < 1.29 is 19.8 Å². The van der Waals surface area contributed by atoms with Crippen LogP contribution in [0.4, 0.5) is 0 Å². The summed E-state index contributed by atoms with van der Waals surface area (Å²) in [7, 11) is 0. The normalized spacial score (nSPS) is 31.2. The number of hydrogen-bond donors (Lipinski definition) is 3. The molecule has 126 valence electrons. The Balaban J connectivity index is 1.76. The summed E-state index contributed by atoms with van der Waals surface area (Å²) in [5.74, 6) is -1.90. The lowest BCUT2D eigenvalue weighted by molar-refractivity contribution is -0.157. The number of rotatable bonds is 6. The first-order valence-electron chi connectivity index (χ1n) is 7.54. The van der Waals surface area contributed by atoms with Crippen LogP contribution in [0.3, 0.4) is 0 Å². The van der Waals surface area contributed by atoms with Gasteiger partial charge in [-0.2, -0.15) is 0 Å². The first-order valence-corrected chi connectivity index (χ1v) is 9.30. The number of aliphatic carboxylic acids is 1. The van der Waals surface area contributed by atoms with Crippen molar-refractivity contribution in [3.05, 3.63) is 9.93 Å². The van der Waals surface area contributed by atoms with Gasteiger partial charge in [-0.3, -0.25) is 15.1 Å². The number of thioether (sulfide) groups is 2. The van der Waals surface area contributed by atoms with Crippen molar-refractivity contribution in [2.75, 3.05) is 13.1 Å². The van der Waals surface area contributed by atoms with Crippen molar-refractivity contribution >= 4 is 41.7 Å². The number of aliphatic hydroxyl groups excluding tert-OH is 1. The van der Waals surface area contributed by atoms with Gasteiger partial charge in [-0.1, -0.05) is 18.7 Å². The van der Waals surface area contributed by atoms with Gasteiger partial charge in [0.1, 0.15) is 5.37 Å². The molecule has 4 atom stereocenters. The maximum Gasteiger partial charge on any atom is 0.354 e. The van der Waals surface area contributed by atoms with E-state index in [1.807, 2.05) is 11.8 Å². The fourth-order valence-electron chi connectivity index (χ4n) is 3.11. The smallest absolute Gasteiger partial charge is 0.354 e. The third-order valence-corrected chi connectivity index (χ3v) is 7.27. The fraction of sp³-hybridized carbons (Fsp3) is 0.643. The number of likely N-dealkylation sites (tertiary alicyclic amines) is 1. The standard InChI is InChI=1S/C14H19N3O4S2/c1-2-8(18)9-11(19)17-10(13(20)21)14(23-12(9)17)22-7-3-4-16(5-7)6-15/h6-9,12,15,18H,2-5H2,1H3,(H,20,21)/t7-,8-,9+,12+/m0/s1. The Morgan fingerprint density at radius 2 is 2.35 bits per heavy atom. The highest BCUT2D eigenvalue weighted by Crippen LogP contribution is 2.55.